The lowest BCUT2D eigenvalue weighted by Gasteiger charge is -2.17. The Hall–Kier alpha value is -1.61. The van der Waals surface area contributed by atoms with Gasteiger partial charge in [-0.25, -0.2) is 0 Å². The largest absolute Gasteiger partial charge is 0.315 e. The first-order valence-electron chi connectivity index (χ1n) is 7.65. The number of nitrogens with one attached hydrogen (secondary N) is 1. The number of hydrogen-bond donors (Lipinski definition) is 1. The van der Waals surface area contributed by atoms with Crippen molar-refractivity contribution in [3.05, 3.63) is 42.7 Å². The first-order chi connectivity index (χ1) is 9.85. The summed E-state index contributed by atoms with van der Waals surface area (Å²) in [7, 11) is 0. The fraction of sp³-hybridized carbons (Fsp3) is 0.471. The third kappa shape index (κ3) is 3.94. The van der Waals surface area contributed by atoms with Gasteiger partial charge in [-0.15, -0.1) is 0 Å². The second-order valence-electron chi connectivity index (χ2n) is 5.22. The van der Waals surface area contributed by atoms with E-state index in [9.17, 15) is 0 Å². The van der Waals surface area contributed by atoms with Crippen LogP contribution in [0.15, 0.2) is 42.7 Å². The van der Waals surface area contributed by atoms with Gasteiger partial charge in [-0.05, 0) is 24.9 Å². The Labute approximate surface area is 122 Å². The average Bonchev–Trinajstić information content (AvgIpc) is 2.97. The highest BCUT2D eigenvalue weighted by Gasteiger charge is 2.11. The summed E-state index contributed by atoms with van der Waals surface area (Å²) in [5.74, 6) is 0. The second-order valence-corrected chi connectivity index (χ2v) is 5.22. The van der Waals surface area contributed by atoms with Gasteiger partial charge in [-0.3, -0.25) is 4.68 Å². The van der Waals surface area contributed by atoms with Gasteiger partial charge in [-0.1, -0.05) is 50.6 Å². The summed E-state index contributed by atoms with van der Waals surface area (Å²) in [6.07, 6.45) is 7.65. The van der Waals surface area contributed by atoms with Crippen LogP contribution in [0.25, 0.3) is 11.1 Å². The lowest BCUT2D eigenvalue weighted by atomic mass is 10.1. The minimum Gasteiger partial charge on any atom is -0.315 e. The van der Waals surface area contributed by atoms with E-state index < -0.39 is 0 Å². The Bertz CT molecular complexity index is 490. The molecule has 1 aromatic heterocycles. The molecule has 0 aliphatic heterocycles. The van der Waals surface area contributed by atoms with E-state index in [0.717, 1.165) is 19.5 Å². The summed E-state index contributed by atoms with van der Waals surface area (Å²) in [5, 5.41) is 8.07. The van der Waals surface area contributed by atoms with E-state index in [-0.39, 0.29) is 0 Å². The molecule has 3 nitrogen and oxygen atoms in total. The SMILES string of the molecule is CCCNCC(CCC)n1cc(-c2ccccc2)cn1. The molecule has 0 saturated carbocycles. The van der Waals surface area contributed by atoms with Crippen LogP contribution in [0.5, 0.6) is 0 Å². The molecule has 1 aromatic carbocycles. The quantitative estimate of drug-likeness (QED) is 0.738. The van der Waals surface area contributed by atoms with E-state index in [1.54, 1.807) is 0 Å². The van der Waals surface area contributed by atoms with Crippen molar-refractivity contribution < 1.29 is 0 Å². The van der Waals surface area contributed by atoms with E-state index in [1.807, 2.05) is 12.3 Å². The van der Waals surface area contributed by atoms with Gasteiger partial charge in [0.25, 0.3) is 0 Å². The van der Waals surface area contributed by atoms with E-state index in [2.05, 4.69) is 59.4 Å². The van der Waals surface area contributed by atoms with Crippen molar-refractivity contribution in [3.8, 4) is 11.1 Å². The van der Waals surface area contributed by atoms with Gasteiger partial charge in [0.15, 0.2) is 0 Å². The van der Waals surface area contributed by atoms with Crippen molar-refractivity contribution in [1.29, 1.82) is 0 Å². The standard InChI is InChI=1S/C17H25N3/c1-3-8-17(13-18-11-4-2)20-14-16(12-19-20)15-9-6-5-7-10-15/h5-7,9-10,12,14,17-18H,3-4,8,11,13H2,1-2H3. The monoisotopic (exact) mass is 271 g/mol. The molecule has 0 saturated heterocycles. The van der Waals surface area contributed by atoms with Crippen molar-refractivity contribution in [1.82, 2.24) is 15.1 Å². The van der Waals surface area contributed by atoms with Crippen LogP contribution in [0.2, 0.25) is 0 Å². The summed E-state index contributed by atoms with van der Waals surface area (Å²) < 4.78 is 2.12. The zero-order valence-corrected chi connectivity index (χ0v) is 12.5. The fourth-order valence-electron chi connectivity index (χ4n) is 2.42. The Kier molecular flexibility index (Phi) is 5.81. The van der Waals surface area contributed by atoms with Crippen LogP contribution in [0.4, 0.5) is 0 Å². The van der Waals surface area contributed by atoms with E-state index in [4.69, 9.17) is 0 Å². The van der Waals surface area contributed by atoms with Crippen LogP contribution in [0, 0.1) is 0 Å². The number of rotatable bonds is 8. The molecular formula is C17H25N3. The van der Waals surface area contributed by atoms with Crippen molar-refractivity contribution in [3.63, 3.8) is 0 Å². The highest BCUT2D eigenvalue weighted by atomic mass is 15.3. The molecule has 0 bridgehead atoms. The average molecular weight is 271 g/mol. The maximum absolute atomic E-state index is 4.57. The number of benzene rings is 1. The molecule has 0 aliphatic carbocycles. The van der Waals surface area contributed by atoms with Gasteiger partial charge in [-0.2, -0.15) is 5.10 Å². The smallest absolute Gasteiger partial charge is 0.0643 e. The minimum absolute atomic E-state index is 0.448. The normalized spacial score (nSPS) is 12.5. The van der Waals surface area contributed by atoms with Crippen LogP contribution < -0.4 is 5.32 Å². The molecular weight excluding hydrogens is 246 g/mol. The Morgan fingerprint density at radius 1 is 1.10 bits per heavy atom. The molecule has 0 fully saturated rings. The third-order valence-corrected chi connectivity index (χ3v) is 3.51. The van der Waals surface area contributed by atoms with Gasteiger partial charge < -0.3 is 5.32 Å². The van der Waals surface area contributed by atoms with Gasteiger partial charge in [0.2, 0.25) is 0 Å². The van der Waals surface area contributed by atoms with E-state index >= 15 is 0 Å². The molecule has 0 amide bonds. The maximum atomic E-state index is 4.57. The number of aromatic nitrogens is 2. The zero-order chi connectivity index (χ0) is 14.2. The Morgan fingerprint density at radius 2 is 1.90 bits per heavy atom. The summed E-state index contributed by atoms with van der Waals surface area (Å²) in [5.41, 5.74) is 2.43. The van der Waals surface area contributed by atoms with Crippen LogP contribution in [-0.4, -0.2) is 22.9 Å². The molecule has 2 aromatic rings. The van der Waals surface area contributed by atoms with Crippen molar-refractivity contribution >= 4 is 0 Å². The van der Waals surface area contributed by atoms with Crippen LogP contribution >= 0.6 is 0 Å². The van der Waals surface area contributed by atoms with Crippen molar-refractivity contribution in [2.75, 3.05) is 13.1 Å². The van der Waals surface area contributed by atoms with Gasteiger partial charge >= 0.3 is 0 Å². The molecule has 108 valence electrons. The number of hydrogen-bond acceptors (Lipinski definition) is 2. The lowest BCUT2D eigenvalue weighted by molar-refractivity contribution is 0.396. The molecule has 3 heteroatoms. The predicted octanol–water partition coefficient (Wildman–Crippen LogP) is 3.89. The topological polar surface area (TPSA) is 29.9 Å². The number of nitrogens with zero attached hydrogens (tertiary/aromatic N) is 2. The Balaban J connectivity index is 2.08. The molecule has 1 N–H and O–H groups in total. The van der Waals surface area contributed by atoms with E-state index in [1.165, 1.54) is 24.0 Å². The highest BCUT2D eigenvalue weighted by Crippen LogP contribution is 2.21. The first kappa shape index (κ1) is 14.8. The summed E-state index contributed by atoms with van der Waals surface area (Å²) >= 11 is 0. The van der Waals surface area contributed by atoms with Crippen molar-refractivity contribution in [2.24, 2.45) is 0 Å². The van der Waals surface area contributed by atoms with Crippen LogP contribution in [0.3, 0.4) is 0 Å². The molecule has 1 atom stereocenters. The molecule has 0 aliphatic rings. The molecule has 20 heavy (non-hydrogen) atoms. The third-order valence-electron chi connectivity index (χ3n) is 3.51. The maximum Gasteiger partial charge on any atom is 0.0643 e. The van der Waals surface area contributed by atoms with Gasteiger partial charge in [0.05, 0.1) is 12.2 Å². The van der Waals surface area contributed by atoms with Crippen LogP contribution in [0.1, 0.15) is 39.2 Å². The second kappa shape index (κ2) is 7.85. The molecule has 1 unspecified atom stereocenters. The molecule has 0 spiro atoms. The Morgan fingerprint density at radius 3 is 2.60 bits per heavy atom. The zero-order valence-electron chi connectivity index (χ0n) is 12.5. The molecule has 1 heterocycles. The summed E-state index contributed by atoms with van der Waals surface area (Å²) in [6.45, 7) is 6.50. The predicted molar refractivity (Wildman–Crippen MR) is 84.8 cm³/mol. The summed E-state index contributed by atoms with van der Waals surface area (Å²) in [4.78, 5) is 0. The highest BCUT2D eigenvalue weighted by molar-refractivity contribution is 5.61. The van der Waals surface area contributed by atoms with Crippen LogP contribution in [-0.2, 0) is 0 Å². The van der Waals surface area contributed by atoms with Gasteiger partial charge in [0.1, 0.15) is 0 Å². The molecule has 0 radical (unpaired) electrons. The fourth-order valence-corrected chi connectivity index (χ4v) is 2.42. The lowest BCUT2D eigenvalue weighted by Crippen LogP contribution is -2.26. The van der Waals surface area contributed by atoms with Gasteiger partial charge in [0, 0.05) is 18.3 Å². The first-order valence-corrected chi connectivity index (χ1v) is 7.65. The minimum atomic E-state index is 0.448. The van der Waals surface area contributed by atoms with Crippen molar-refractivity contribution in [2.45, 2.75) is 39.2 Å². The molecule has 2 rings (SSSR count). The van der Waals surface area contributed by atoms with E-state index in [0.29, 0.717) is 6.04 Å². The summed E-state index contributed by atoms with van der Waals surface area (Å²) in [6, 6.07) is 10.9.